The van der Waals surface area contributed by atoms with E-state index in [2.05, 4.69) is 10.9 Å². The molecule has 3 aromatic rings. The minimum Gasteiger partial charge on any atom is -0.273 e. The number of hydrogen-bond donors (Lipinski definition) is 2. The van der Waals surface area contributed by atoms with E-state index in [0.717, 1.165) is 16.7 Å². The van der Waals surface area contributed by atoms with Crippen LogP contribution >= 0.6 is 0 Å². The van der Waals surface area contributed by atoms with Crippen molar-refractivity contribution in [1.82, 2.24) is 10.9 Å². The number of amides is 2. The van der Waals surface area contributed by atoms with E-state index in [-0.39, 0.29) is 30.6 Å². The molecule has 0 unspecified atom stereocenters. The van der Waals surface area contributed by atoms with E-state index in [1.54, 1.807) is 0 Å². The van der Waals surface area contributed by atoms with E-state index < -0.39 is 0 Å². The van der Waals surface area contributed by atoms with Crippen molar-refractivity contribution in [3.63, 3.8) is 0 Å². The fourth-order valence-electron chi connectivity index (χ4n) is 3.00. The Labute approximate surface area is 159 Å². The number of benzene rings is 3. The highest BCUT2D eigenvalue weighted by Crippen LogP contribution is 2.27. The molecule has 4 nitrogen and oxygen atoms in total. The van der Waals surface area contributed by atoms with Gasteiger partial charge in [0.25, 0.3) is 0 Å². The monoisotopic (exact) mass is 358 g/mol. The summed E-state index contributed by atoms with van der Waals surface area (Å²) >= 11 is 0. The van der Waals surface area contributed by atoms with Crippen molar-refractivity contribution >= 4 is 11.8 Å². The molecule has 0 aromatic heterocycles. The average Bonchev–Trinajstić information content (AvgIpc) is 2.72. The number of hydrazine groups is 1. The molecule has 0 aliphatic carbocycles. The van der Waals surface area contributed by atoms with E-state index >= 15 is 0 Å². The van der Waals surface area contributed by atoms with Crippen LogP contribution < -0.4 is 10.9 Å². The zero-order valence-electron chi connectivity index (χ0n) is 15.0. The molecule has 136 valence electrons. The number of carbonyl (C=O) groups excluding carboxylic acids is 2. The molecule has 2 N–H and O–H groups in total. The molecule has 2 amide bonds. The van der Waals surface area contributed by atoms with Gasteiger partial charge in [-0.2, -0.15) is 0 Å². The van der Waals surface area contributed by atoms with Crippen molar-refractivity contribution in [2.45, 2.75) is 18.8 Å². The molecule has 3 rings (SSSR count). The van der Waals surface area contributed by atoms with Gasteiger partial charge in [0.2, 0.25) is 11.8 Å². The van der Waals surface area contributed by atoms with Crippen molar-refractivity contribution in [2.24, 2.45) is 0 Å². The molecule has 0 aliphatic rings. The van der Waals surface area contributed by atoms with Crippen LogP contribution in [0.2, 0.25) is 0 Å². The Morgan fingerprint density at radius 1 is 0.630 bits per heavy atom. The first-order chi connectivity index (χ1) is 13.2. The van der Waals surface area contributed by atoms with Gasteiger partial charge in [0.05, 0.1) is 6.42 Å². The minimum atomic E-state index is -0.245. The molecule has 0 saturated carbocycles. The van der Waals surface area contributed by atoms with Gasteiger partial charge in [0.15, 0.2) is 0 Å². The molecular weight excluding hydrogens is 336 g/mol. The summed E-state index contributed by atoms with van der Waals surface area (Å²) in [6, 6.07) is 29.2. The molecule has 27 heavy (non-hydrogen) atoms. The Balaban J connectivity index is 1.60. The van der Waals surface area contributed by atoms with Crippen molar-refractivity contribution in [2.75, 3.05) is 0 Å². The quantitative estimate of drug-likeness (QED) is 0.662. The summed E-state index contributed by atoms with van der Waals surface area (Å²) in [5, 5.41) is 0. The van der Waals surface area contributed by atoms with Gasteiger partial charge < -0.3 is 0 Å². The molecule has 0 aliphatic heterocycles. The topological polar surface area (TPSA) is 58.2 Å². The van der Waals surface area contributed by atoms with E-state index in [1.807, 2.05) is 91.0 Å². The minimum absolute atomic E-state index is 0.0709. The Kier molecular flexibility index (Phi) is 6.36. The Bertz CT molecular complexity index is 825. The summed E-state index contributed by atoms with van der Waals surface area (Å²) < 4.78 is 0. The van der Waals surface area contributed by atoms with Crippen LogP contribution in [0.4, 0.5) is 0 Å². The van der Waals surface area contributed by atoms with Crippen LogP contribution in [0.5, 0.6) is 0 Å². The highest BCUT2D eigenvalue weighted by molar-refractivity contribution is 5.83. The lowest BCUT2D eigenvalue weighted by Gasteiger charge is -2.18. The lowest BCUT2D eigenvalue weighted by atomic mass is 9.88. The van der Waals surface area contributed by atoms with Crippen LogP contribution in [-0.4, -0.2) is 11.8 Å². The van der Waals surface area contributed by atoms with Crippen LogP contribution in [0.25, 0.3) is 0 Å². The van der Waals surface area contributed by atoms with Crippen molar-refractivity contribution in [3.05, 3.63) is 108 Å². The van der Waals surface area contributed by atoms with Crippen molar-refractivity contribution in [1.29, 1.82) is 0 Å². The molecule has 0 heterocycles. The first-order valence-electron chi connectivity index (χ1n) is 8.94. The van der Waals surface area contributed by atoms with Gasteiger partial charge >= 0.3 is 0 Å². The fourth-order valence-corrected chi connectivity index (χ4v) is 3.00. The second-order valence-electron chi connectivity index (χ2n) is 6.34. The molecule has 0 saturated heterocycles. The third-order valence-electron chi connectivity index (χ3n) is 4.34. The molecule has 0 spiro atoms. The fraction of sp³-hybridized carbons (Fsp3) is 0.130. The van der Waals surface area contributed by atoms with Gasteiger partial charge in [0, 0.05) is 12.3 Å². The predicted octanol–water partition coefficient (Wildman–Crippen LogP) is 3.60. The number of nitrogens with one attached hydrogen (secondary N) is 2. The zero-order valence-corrected chi connectivity index (χ0v) is 15.0. The number of hydrogen-bond acceptors (Lipinski definition) is 2. The highest BCUT2D eigenvalue weighted by Gasteiger charge is 2.18. The lowest BCUT2D eigenvalue weighted by Crippen LogP contribution is -2.42. The normalized spacial score (nSPS) is 10.4. The van der Waals surface area contributed by atoms with Gasteiger partial charge in [-0.25, -0.2) is 0 Å². The van der Waals surface area contributed by atoms with Crippen LogP contribution in [0.1, 0.15) is 29.0 Å². The first-order valence-corrected chi connectivity index (χ1v) is 8.94. The maximum Gasteiger partial charge on any atom is 0.242 e. The maximum absolute atomic E-state index is 12.4. The summed E-state index contributed by atoms with van der Waals surface area (Å²) in [5.41, 5.74) is 8.06. The molecule has 0 atom stereocenters. The summed E-state index contributed by atoms with van der Waals surface area (Å²) in [6.45, 7) is 0. The second kappa shape index (κ2) is 9.34. The molecular formula is C23H22N2O2. The standard InChI is InChI=1S/C23H22N2O2/c26-22(16-18-10-4-1-5-11-18)24-25-23(27)17-21(19-12-6-2-7-13-19)20-14-8-3-9-15-20/h1-15,21H,16-17H2,(H,24,26)(H,25,27). The van der Waals surface area contributed by atoms with Crippen LogP contribution in [0.15, 0.2) is 91.0 Å². The molecule has 3 aromatic carbocycles. The van der Waals surface area contributed by atoms with E-state index in [4.69, 9.17) is 0 Å². The van der Waals surface area contributed by atoms with E-state index in [9.17, 15) is 9.59 Å². The van der Waals surface area contributed by atoms with E-state index in [0.29, 0.717) is 0 Å². The molecule has 0 fully saturated rings. The van der Waals surface area contributed by atoms with E-state index in [1.165, 1.54) is 0 Å². The van der Waals surface area contributed by atoms with Crippen molar-refractivity contribution < 1.29 is 9.59 Å². The van der Waals surface area contributed by atoms with Gasteiger partial charge in [0.1, 0.15) is 0 Å². The molecule has 4 heteroatoms. The van der Waals surface area contributed by atoms with Gasteiger partial charge in [-0.05, 0) is 16.7 Å². The SMILES string of the molecule is O=C(Cc1ccccc1)NNC(=O)CC(c1ccccc1)c1ccccc1. The summed E-state index contributed by atoms with van der Waals surface area (Å²) in [7, 11) is 0. The van der Waals surface area contributed by atoms with Crippen LogP contribution in [0, 0.1) is 0 Å². The predicted molar refractivity (Wildman–Crippen MR) is 106 cm³/mol. The average molecular weight is 358 g/mol. The Morgan fingerprint density at radius 3 is 1.59 bits per heavy atom. The van der Waals surface area contributed by atoms with Crippen LogP contribution in [0.3, 0.4) is 0 Å². The van der Waals surface area contributed by atoms with Crippen molar-refractivity contribution in [3.8, 4) is 0 Å². The second-order valence-corrected chi connectivity index (χ2v) is 6.34. The Hall–Kier alpha value is -3.40. The number of carbonyl (C=O) groups is 2. The largest absolute Gasteiger partial charge is 0.273 e. The smallest absolute Gasteiger partial charge is 0.242 e. The molecule has 0 radical (unpaired) electrons. The third kappa shape index (κ3) is 5.54. The highest BCUT2D eigenvalue weighted by atomic mass is 16.2. The first kappa shape index (κ1) is 18.4. The summed E-state index contributed by atoms with van der Waals surface area (Å²) in [4.78, 5) is 24.4. The summed E-state index contributed by atoms with van der Waals surface area (Å²) in [6.07, 6.45) is 0.474. The Morgan fingerprint density at radius 2 is 1.07 bits per heavy atom. The third-order valence-corrected chi connectivity index (χ3v) is 4.34. The summed E-state index contributed by atoms with van der Waals surface area (Å²) in [5.74, 6) is -0.543. The lowest BCUT2D eigenvalue weighted by molar-refractivity contribution is -0.128. The maximum atomic E-state index is 12.4. The van der Waals surface area contributed by atoms with Gasteiger partial charge in [-0.1, -0.05) is 91.0 Å². The van der Waals surface area contributed by atoms with Gasteiger partial charge in [-0.3, -0.25) is 20.4 Å². The van der Waals surface area contributed by atoms with Gasteiger partial charge in [-0.15, -0.1) is 0 Å². The number of rotatable bonds is 6. The molecule has 0 bridgehead atoms. The zero-order chi connectivity index (χ0) is 18.9. The van der Waals surface area contributed by atoms with Crippen LogP contribution in [-0.2, 0) is 16.0 Å².